The van der Waals surface area contributed by atoms with Gasteiger partial charge in [0.15, 0.2) is 0 Å². The Morgan fingerprint density at radius 1 is 0.828 bits per heavy atom. The molecule has 0 unspecified atom stereocenters. The molecule has 0 aliphatic heterocycles. The molecule has 0 saturated carbocycles. The Balaban J connectivity index is 2.61. The lowest BCUT2D eigenvalue weighted by molar-refractivity contribution is -0.140. The topological polar surface area (TPSA) is 134 Å². The molecule has 8 nitrogen and oxygen atoms in total. The van der Waals surface area contributed by atoms with Crippen LogP contribution in [0, 0.1) is 22.7 Å². The molecule has 2 rings (SSSR count). The van der Waals surface area contributed by atoms with Crippen LogP contribution in [0.2, 0.25) is 0 Å². The van der Waals surface area contributed by atoms with Crippen molar-refractivity contribution in [1.82, 2.24) is 0 Å². The van der Waals surface area contributed by atoms with E-state index in [1.165, 1.54) is 44.6 Å². The summed E-state index contributed by atoms with van der Waals surface area (Å²) >= 11 is 0. The van der Waals surface area contributed by atoms with Gasteiger partial charge in [-0.3, -0.25) is 9.59 Å². The first kappa shape index (κ1) is 21.6. The monoisotopic (exact) mass is 412 g/mol. The smallest absolute Gasteiger partial charge is 0.309 e. The lowest BCUT2D eigenvalue weighted by atomic mass is 10.1. The molecule has 0 aromatic heterocycles. The van der Waals surface area contributed by atoms with Crippen molar-refractivity contribution in [3.63, 3.8) is 0 Å². The van der Waals surface area contributed by atoms with E-state index in [9.17, 15) is 18.0 Å². The fraction of sp³-hybridized carbons (Fsp3) is 0.200. The number of sulfone groups is 1. The Morgan fingerprint density at radius 2 is 1.34 bits per heavy atom. The second-order valence-corrected chi connectivity index (χ2v) is 7.88. The molecule has 0 N–H and O–H groups in total. The highest BCUT2D eigenvalue weighted by Gasteiger charge is 2.22. The molecule has 0 aliphatic rings. The van der Waals surface area contributed by atoms with Crippen molar-refractivity contribution >= 4 is 21.8 Å². The highest BCUT2D eigenvalue weighted by atomic mass is 32.2. The molecule has 148 valence electrons. The molecule has 0 bridgehead atoms. The van der Waals surface area contributed by atoms with Crippen molar-refractivity contribution in [3.05, 3.63) is 58.7 Å². The molecule has 29 heavy (non-hydrogen) atoms. The van der Waals surface area contributed by atoms with Crippen molar-refractivity contribution in [2.75, 3.05) is 14.2 Å². The van der Waals surface area contributed by atoms with E-state index in [2.05, 4.69) is 9.47 Å². The summed E-state index contributed by atoms with van der Waals surface area (Å²) in [6.07, 6.45) is -0.379. The first-order valence-corrected chi connectivity index (χ1v) is 9.69. The Morgan fingerprint density at radius 3 is 1.79 bits per heavy atom. The number of rotatable bonds is 6. The number of esters is 2. The molecule has 0 atom stereocenters. The van der Waals surface area contributed by atoms with E-state index in [-0.39, 0.29) is 33.8 Å². The van der Waals surface area contributed by atoms with Crippen molar-refractivity contribution < 1.29 is 27.5 Å². The van der Waals surface area contributed by atoms with Crippen molar-refractivity contribution in [1.29, 1.82) is 10.5 Å². The van der Waals surface area contributed by atoms with E-state index in [0.717, 1.165) is 6.07 Å². The zero-order valence-electron chi connectivity index (χ0n) is 15.6. The summed E-state index contributed by atoms with van der Waals surface area (Å²) in [4.78, 5) is 22.9. The number of benzene rings is 2. The third-order valence-electron chi connectivity index (χ3n) is 4.03. The highest BCUT2D eigenvalue weighted by molar-refractivity contribution is 7.91. The van der Waals surface area contributed by atoms with Crippen LogP contribution < -0.4 is 0 Å². The fourth-order valence-corrected chi connectivity index (χ4v) is 3.99. The van der Waals surface area contributed by atoms with Gasteiger partial charge in [0, 0.05) is 0 Å². The molecule has 0 radical (unpaired) electrons. The molecule has 2 aromatic rings. The largest absolute Gasteiger partial charge is 0.469 e. The molecule has 0 amide bonds. The van der Waals surface area contributed by atoms with Crippen LogP contribution in [-0.2, 0) is 41.7 Å². The molecule has 0 aliphatic carbocycles. The highest BCUT2D eigenvalue weighted by Crippen LogP contribution is 2.26. The zero-order chi connectivity index (χ0) is 21.6. The van der Waals surface area contributed by atoms with Gasteiger partial charge in [0.2, 0.25) is 9.84 Å². The summed E-state index contributed by atoms with van der Waals surface area (Å²) in [6, 6.07) is 11.3. The third kappa shape index (κ3) is 4.98. The minimum Gasteiger partial charge on any atom is -0.469 e. The minimum absolute atomic E-state index is 0.0530. The molecular formula is C20H16N2O6S. The first-order chi connectivity index (χ1) is 13.7. The van der Waals surface area contributed by atoms with E-state index in [0.29, 0.717) is 11.1 Å². The molecule has 0 saturated heterocycles. The quantitative estimate of drug-likeness (QED) is 0.654. The maximum absolute atomic E-state index is 13.1. The Bertz CT molecular complexity index is 1120. The van der Waals surface area contributed by atoms with Crippen LogP contribution in [0.3, 0.4) is 0 Å². The van der Waals surface area contributed by atoms with Gasteiger partial charge in [-0.25, -0.2) is 8.42 Å². The summed E-state index contributed by atoms with van der Waals surface area (Å²) in [5.74, 6) is -1.15. The SMILES string of the molecule is COC(=O)Cc1cc(CC(=O)OC)cc(S(=O)(=O)c2ccc(C#N)c(C#N)c2)c1. The number of nitriles is 2. The number of methoxy groups -OCH3 is 2. The maximum atomic E-state index is 13.1. The Kier molecular flexibility index (Phi) is 6.71. The van der Waals surface area contributed by atoms with Crippen LogP contribution in [0.5, 0.6) is 0 Å². The van der Waals surface area contributed by atoms with Crippen LogP contribution >= 0.6 is 0 Å². The second kappa shape index (κ2) is 9.00. The molecule has 0 spiro atoms. The van der Waals surface area contributed by atoms with Crippen LogP contribution in [0.1, 0.15) is 22.3 Å². The number of nitrogens with zero attached hydrogens (tertiary/aromatic N) is 2. The lowest BCUT2D eigenvalue weighted by Crippen LogP contribution is -2.10. The minimum atomic E-state index is -4.09. The summed E-state index contributed by atoms with van der Waals surface area (Å²) in [5, 5.41) is 18.2. The summed E-state index contributed by atoms with van der Waals surface area (Å²) in [7, 11) is -1.68. The van der Waals surface area contributed by atoms with Crippen LogP contribution in [0.25, 0.3) is 0 Å². The number of carbonyl (C=O) groups excluding carboxylic acids is 2. The van der Waals surface area contributed by atoms with Crippen LogP contribution in [0.4, 0.5) is 0 Å². The van der Waals surface area contributed by atoms with Gasteiger partial charge < -0.3 is 9.47 Å². The molecule has 2 aromatic carbocycles. The van der Waals surface area contributed by atoms with Gasteiger partial charge in [-0.05, 0) is 41.5 Å². The van der Waals surface area contributed by atoms with E-state index in [4.69, 9.17) is 10.5 Å². The van der Waals surface area contributed by atoms with Gasteiger partial charge in [-0.2, -0.15) is 10.5 Å². The van der Waals surface area contributed by atoms with E-state index >= 15 is 0 Å². The van der Waals surface area contributed by atoms with Gasteiger partial charge >= 0.3 is 11.9 Å². The molecule has 0 heterocycles. The number of hydrogen-bond donors (Lipinski definition) is 0. The average Bonchev–Trinajstić information content (AvgIpc) is 2.72. The van der Waals surface area contributed by atoms with Crippen LogP contribution in [-0.4, -0.2) is 34.6 Å². The summed E-state index contributed by atoms with van der Waals surface area (Å²) in [5.41, 5.74) is 0.656. The fourth-order valence-electron chi connectivity index (χ4n) is 2.58. The van der Waals surface area contributed by atoms with E-state index in [1.807, 2.05) is 6.07 Å². The average molecular weight is 412 g/mol. The predicted molar refractivity (Wildman–Crippen MR) is 99.2 cm³/mol. The van der Waals surface area contributed by atoms with Gasteiger partial charge in [-0.15, -0.1) is 0 Å². The molecule has 9 heteroatoms. The van der Waals surface area contributed by atoms with Gasteiger partial charge in [-0.1, -0.05) is 6.07 Å². The van der Waals surface area contributed by atoms with E-state index in [1.54, 1.807) is 6.07 Å². The zero-order valence-corrected chi connectivity index (χ0v) is 16.4. The summed E-state index contributed by atoms with van der Waals surface area (Å²) in [6.45, 7) is 0. The Hall–Kier alpha value is -3.69. The number of carbonyl (C=O) groups is 2. The van der Waals surface area contributed by atoms with Crippen molar-refractivity contribution in [2.24, 2.45) is 0 Å². The Labute approximate surface area is 167 Å². The second-order valence-electron chi connectivity index (χ2n) is 5.93. The van der Waals surface area contributed by atoms with Gasteiger partial charge in [0.05, 0.1) is 48.0 Å². The molecular weight excluding hydrogens is 396 g/mol. The van der Waals surface area contributed by atoms with Crippen molar-refractivity contribution in [3.8, 4) is 12.1 Å². The first-order valence-electron chi connectivity index (χ1n) is 8.21. The van der Waals surface area contributed by atoms with Gasteiger partial charge in [0.1, 0.15) is 12.1 Å². The molecule has 0 fully saturated rings. The van der Waals surface area contributed by atoms with Crippen molar-refractivity contribution in [2.45, 2.75) is 22.6 Å². The maximum Gasteiger partial charge on any atom is 0.309 e. The third-order valence-corrected chi connectivity index (χ3v) is 5.76. The number of ether oxygens (including phenoxy) is 2. The predicted octanol–water partition coefficient (Wildman–Crippen LogP) is 1.69. The lowest BCUT2D eigenvalue weighted by Gasteiger charge is -2.11. The van der Waals surface area contributed by atoms with Gasteiger partial charge in [0.25, 0.3) is 0 Å². The summed E-state index contributed by atoms with van der Waals surface area (Å²) < 4.78 is 35.4. The normalized spacial score (nSPS) is 10.5. The van der Waals surface area contributed by atoms with E-state index < -0.39 is 21.8 Å². The number of hydrogen-bond acceptors (Lipinski definition) is 8. The van der Waals surface area contributed by atoms with Crippen LogP contribution in [0.15, 0.2) is 46.2 Å². The standard InChI is InChI=1S/C20H16N2O6S/c1-27-19(23)8-13-5-14(9-20(24)28-2)7-18(6-13)29(25,26)17-4-3-15(11-21)16(10-17)12-22/h3-7,10H,8-9H2,1-2H3.